The second-order valence-corrected chi connectivity index (χ2v) is 5.59. The molecule has 118 valence electrons. The van der Waals surface area contributed by atoms with Crippen LogP contribution in [0.2, 0.25) is 0 Å². The Morgan fingerprint density at radius 3 is 2.65 bits per heavy atom. The van der Waals surface area contributed by atoms with E-state index < -0.39 is 17.1 Å². The van der Waals surface area contributed by atoms with Gasteiger partial charge in [0.2, 0.25) is 0 Å². The molecule has 2 aromatic carbocycles. The third-order valence-corrected chi connectivity index (χ3v) is 3.77. The van der Waals surface area contributed by atoms with Gasteiger partial charge >= 0.3 is 0 Å². The van der Waals surface area contributed by atoms with Crippen LogP contribution in [0.15, 0.2) is 47.3 Å². The number of hydrogen-bond acceptors (Lipinski definition) is 3. The van der Waals surface area contributed by atoms with Gasteiger partial charge in [0.1, 0.15) is 5.82 Å². The molecule has 6 nitrogen and oxygen atoms in total. The summed E-state index contributed by atoms with van der Waals surface area (Å²) in [5.41, 5.74) is 0.905. The van der Waals surface area contributed by atoms with Crippen molar-refractivity contribution in [3.63, 3.8) is 0 Å². The second-order valence-electron chi connectivity index (χ2n) is 4.89. The number of H-pyrrole nitrogens is 1. The molecule has 0 fully saturated rings. The van der Waals surface area contributed by atoms with Crippen LogP contribution < -0.4 is 10.3 Å². The molecule has 23 heavy (non-hydrogen) atoms. The third kappa shape index (κ3) is 3.27. The third-order valence-electron chi connectivity index (χ3n) is 3.38. The van der Waals surface area contributed by atoms with Gasteiger partial charge in [-0.1, -0.05) is 24.3 Å². The van der Waals surface area contributed by atoms with Crippen LogP contribution in [-0.2, 0) is 17.7 Å². The lowest BCUT2D eigenvalue weighted by Gasteiger charge is -2.07. The number of fused-ring (bicyclic) bond motifs is 1. The first-order valence-corrected chi connectivity index (χ1v) is 7.77. The summed E-state index contributed by atoms with van der Waals surface area (Å²) >= 11 is -2.33. The Hall–Kier alpha value is -2.58. The molecule has 1 unspecified atom stereocenters. The summed E-state index contributed by atoms with van der Waals surface area (Å²) in [4.78, 5) is 11.7. The van der Waals surface area contributed by atoms with Crippen LogP contribution in [0.3, 0.4) is 0 Å². The molecule has 0 amide bonds. The normalized spacial score (nSPS) is 12.3. The molecule has 0 aliphatic carbocycles. The summed E-state index contributed by atoms with van der Waals surface area (Å²) < 4.78 is 35.4. The summed E-state index contributed by atoms with van der Waals surface area (Å²) in [5.74, 6) is -0.640. The van der Waals surface area contributed by atoms with E-state index in [4.69, 9.17) is 4.55 Å². The summed E-state index contributed by atoms with van der Waals surface area (Å²) in [6, 6.07) is 11.3. The van der Waals surface area contributed by atoms with Gasteiger partial charge in [-0.05, 0) is 23.8 Å². The molecular formula is C15H12FN3O3S. The minimum absolute atomic E-state index is 0.0612. The maximum Gasteiger partial charge on any atom is 0.272 e. The lowest BCUT2D eigenvalue weighted by atomic mass is 10.0. The standard InChI is InChI=1S/C15H12FN3O3S/c16-12-7-9(5-6-13(12)19-23(21)22)8-14-10-3-1-2-4-11(10)15(20)18-17-14/h1-7,19H,8H2,(H,18,20)(H,21,22). The average molecular weight is 333 g/mol. The number of hydrogen-bond donors (Lipinski definition) is 3. The van der Waals surface area contributed by atoms with Gasteiger partial charge in [0.05, 0.1) is 16.8 Å². The molecule has 0 saturated heterocycles. The van der Waals surface area contributed by atoms with Gasteiger partial charge in [-0.2, -0.15) is 5.10 Å². The maximum atomic E-state index is 13.9. The van der Waals surface area contributed by atoms with Gasteiger partial charge in [0, 0.05) is 11.8 Å². The molecule has 3 N–H and O–H groups in total. The zero-order valence-electron chi connectivity index (χ0n) is 11.7. The van der Waals surface area contributed by atoms with E-state index in [1.807, 2.05) is 0 Å². The van der Waals surface area contributed by atoms with Crippen molar-refractivity contribution in [2.45, 2.75) is 6.42 Å². The molecule has 8 heteroatoms. The van der Waals surface area contributed by atoms with Crippen molar-refractivity contribution in [3.05, 3.63) is 69.9 Å². The van der Waals surface area contributed by atoms with Crippen molar-refractivity contribution in [2.75, 3.05) is 4.72 Å². The Morgan fingerprint density at radius 2 is 1.96 bits per heavy atom. The van der Waals surface area contributed by atoms with Crippen LogP contribution >= 0.6 is 0 Å². The van der Waals surface area contributed by atoms with Crippen molar-refractivity contribution in [1.29, 1.82) is 0 Å². The minimum atomic E-state index is -2.33. The molecule has 0 bridgehead atoms. The summed E-state index contributed by atoms with van der Waals surface area (Å²) in [6.45, 7) is 0. The maximum absolute atomic E-state index is 13.9. The first-order valence-electron chi connectivity index (χ1n) is 6.67. The van der Waals surface area contributed by atoms with Crippen molar-refractivity contribution < 1.29 is 13.2 Å². The zero-order valence-corrected chi connectivity index (χ0v) is 12.6. The van der Waals surface area contributed by atoms with Crippen LogP contribution in [0.1, 0.15) is 11.3 Å². The number of nitrogens with one attached hydrogen (secondary N) is 2. The van der Waals surface area contributed by atoms with Gasteiger partial charge in [0.25, 0.3) is 16.8 Å². The lowest BCUT2D eigenvalue weighted by Crippen LogP contribution is -2.11. The van der Waals surface area contributed by atoms with Crippen LogP contribution in [0.4, 0.5) is 10.1 Å². The molecule has 0 saturated carbocycles. The Morgan fingerprint density at radius 1 is 1.22 bits per heavy atom. The van der Waals surface area contributed by atoms with Crippen molar-refractivity contribution >= 4 is 27.7 Å². The van der Waals surface area contributed by atoms with Gasteiger partial charge in [-0.15, -0.1) is 0 Å². The number of halogens is 1. The highest BCUT2D eigenvalue weighted by atomic mass is 32.2. The fraction of sp³-hybridized carbons (Fsp3) is 0.0667. The van der Waals surface area contributed by atoms with E-state index in [2.05, 4.69) is 14.9 Å². The van der Waals surface area contributed by atoms with Gasteiger partial charge in [-0.25, -0.2) is 13.7 Å². The number of aromatic amines is 1. The molecule has 1 atom stereocenters. The molecule has 0 radical (unpaired) electrons. The Bertz CT molecular complexity index is 958. The van der Waals surface area contributed by atoms with E-state index in [-0.39, 0.29) is 11.2 Å². The lowest BCUT2D eigenvalue weighted by molar-refractivity contribution is 0.568. The number of anilines is 1. The van der Waals surface area contributed by atoms with E-state index in [1.54, 1.807) is 30.3 Å². The molecule has 1 aromatic heterocycles. The van der Waals surface area contributed by atoms with Gasteiger partial charge in [0.15, 0.2) is 0 Å². The molecule has 3 aromatic rings. The number of nitrogens with zero attached hydrogens (tertiary/aromatic N) is 1. The first kappa shape index (κ1) is 15.3. The van der Waals surface area contributed by atoms with Gasteiger partial charge < -0.3 is 0 Å². The molecule has 3 rings (SSSR count). The van der Waals surface area contributed by atoms with E-state index in [0.29, 0.717) is 28.5 Å². The van der Waals surface area contributed by atoms with Crippen LogP contribution in [0.5, 0.6) is 0 Å². The number of aromatic nitrogens is 2. The van der Waals surface area contributed by atoms with Crippen LogP contribution in [0.25, 0.3) is 10.8 Å². The monoisotopic (exact) mass is 333 g/mol. The zero-order chi connectivity index (χ0) is 16.4. The van der Waals surface area contributed by atoms with E-state index >= 15 is 0 Å². The smallest absolute Gasteiger partial charge is 0.272 e. The highest BCUT2D eigenvalue weighted by Gasteiger charge is 2.10. The molecule has 1 heterocycles. The largest absolute Gasteiger partial charge is 0.289 e. The first-order chi connectivity index (χ1) is 11.0. The number of rotatable bonds is 4. The Kier molecular flexibility index (Phi) is 4.18. The molecule has 0 spiro atoms. The van der Waals surface area contributed by atoms with Crippen molar-refractivity contribution in [3.8, 4) is 0 Å². The van der Waals surface area contributed by atoms with Gasteiger partial charge in [-0.3, -0.25) is 14.1 Å². The molecule has 0 aliphatic rings. The molecular weight excluding hydrogens is 321 g/mol. The fourth-order valence-electron chi connectivity index (χ4n) is 2.34. The van der Waals surface area contributed by atoms with E-state index in [1.165, 1.54) is 12.1 Å². The second kappa shape index (κ2) is 6.27. The fourth-order valence-corrected chi connectivity index (χ4v) is 2.70. The van der Waals surface area contributed by atoms with Crippen molar-refractivity contribution in [2.24, 2.45) is 0 Å². The summed E-state index contributed by atoms with van der Waals surface area (Å²) in [5, 5.41) is 7.69. The van der Waals surface area contributed by atoms with E-state index in [9.17, 15) is 13.4 Å². The predicted octanol–water partition coefficient (Wildman–Crippen LogP) is 2.20. The highest BCUT2D eigenvalue weighted by molar-refractivity contribution is 7.80. The van der Waals surface area contributed by atoms with Crippen LogP contribution in [0, 0.1) is 5.82 Å². The summed E-state index contributed by atoms with van der Waals surface area (Å²) in [6.07, 6.45) is 0.316. The molecule has 0 aliphatic heterocycles. The van der Waals surface area contributed by atoms with Crippen LogP contribution in [-0.4, -0.2) is 19.0 Å². The summed E-state index contributed by atoms with van der Waals surface area (Å²) in [7, 11) is 0. The minimum Gasteiger partial charge on any atom is -0.289 e. The Labute approximate surface area is 132 Å². The highest BCUT2D eigenvalue weighted by Crippen LogP contribution is 2.20. The van der Waals surface area contributed by atoms with E-state index in [0.717, 1.165) is 0 Å². The predicted molar refractivity (Wildman–Crippen MR) is 86.0 cm³/mol. The quantitative estimate of drug-likeness (QED) is 0.638. The Balaban J connectivity index is 1.97. The number of benzene rings is 2. The van der Waals surface area contributed by atoms with Crippen molar-refractivity contribution in [1.82, 2.24) is 10.2 Å². The topological polar surface area (TPSA) is 95.1 Å². The average Bonchev–Trinajstić information content (AvgIpc) is 2.53. The SMILES string of the molecule is O=c1[nH]nc(Cc2ccc(NS(=O)O)c(F)c2)c2ccccc12.